The second kappa shape index (κ2) is 4.56. The molecular weight excluding hydrogens is 183 g/mol. The van der Waals surface area contributed by atoms with Gasteiger partial charge in [-0.1, -0.05) is 0 Å². The Balaban J connectivity index is 2.87. The molecule has 0 spiro atoms. The first-order valence-corrected chi connectivity index (χ1v) is 4.15. The summed E-state index contributed by atoms with van der Waals surface area (Å²) < 4.78 is 17.3. The number of methoxy groups -OCH3 is 1. The molecule has 0 fully saturated rings. The Bertz CT molecular complexity index is 348. The quantitative estimate of drug-likeness (QED) is 0.546. The predicted molar refractivity (Wildman–Crippen MR) is 52.2 cm³/mol. The fourth-order valence-corrected chi connectivity index (χ4v) is 1.02. The maximum Gasteiger partial charge on any atom is 0.188 e. The minimum Gasteiger partial charge on any atom is -0.497 e. The molecule has 74 valence electrons. The number of halogens is 1. The van der Waals surface area contributed by atoms with Crippen LogP contribution in [0.25, 0.3) is 0 Å². The molecule has 0 N–H and O–H groups in total. The number of carbonyl (C=O) groups excluding carboxylic acids is 1. The van der Waals surface area contributed by atoms with Gasteiger partial charge in [0.15, 0.2) is 5.78 Å². The molecular formula is C11H11FO2. The molecule has 0 amide bonds. The highest BCUT2D eigenvalue weighted by molar-refractivity contribution is 6.04. The van der Waals surface area contributed by atoms with Gasteiger partial charge in [-0.2, -0.15) is 0 Å². The fourth-order valence-electron chi connectivity index (χ4n) is 1.02. The number of ether oxygens (including phenoxy) is 1. The lowest BCUT2D eigenvalue weighted by Gasteiger charge is -1.99. The zero-order valence-electron chi connectivity index (χ0n) is 8.08. The minimum absolute atomic E-state index is 0.340. The number of rotatable bonds is 3. The molecule has 0 unspecified atom stereocenters. The van der Waals surface area contributed by atoms with Crippen LogP contribution in [0.4, 0.5) is 4.39 Å². The van der Waals surface area contributed by atoms with E-state index in [4.69, 9.17) is 4.74 Å². The van der Waals surface area contributed by atoms with Gasteiger partial charge in [-0.05, 0) is 31.2 Å². The van der Waals surface area contributed by atoms with Gasteiger partial charge in [-0.25, -0.2) is 4.39 Å². The van der Waals surface area contributed by atoms with Crippen molar-refractivity contribution < 1.29 is 13.9 Å². The molecule has 0 aliphatic rings. The lowest BCUT2D eigenvalue weighted by atomic mass is 10.1. The van der Waals surface area contributed by atoms with Crippen LogP contribution in [0.5, 0.6) is 5.75 Å². The average molecular weight is 194 g/mol. The molecule has 1 aromatic carbocycles. The lowest BCUT2D eigenvalue weighted by Crippen LogP contribution is -1.94. The molecule has 0 saturated carbocycles. The van der Waals surface area contributed by atoms with Crippen LogP contribution in [0.3, 0.4) is 0 Å². The van der Waals surface area contributed by atoms with Gasteiger partial charge in [0.25, 0.3) is 0 Å². The van der Waals surface area contributed by atoms with Crippen LogP contribution in [0.1, 0.15) is 17.3 Å². The molecule has 0 radical (unpaired) electrons. The van der Waals surface area contributed by atoms with Crippen LogP contribution in [0.15, 0.2) is 36.2 Å². The minimum atomic E-state index is -0.495. The predicted octanol–water partition coefficient (Wildman–Crippen LogP) is 2.75. The van der Waals surface area contributed by atoms with Crippen molar-refractivity contribution in [3.05, 3.63) is 41.7 Å². The number of benzene rings is 1. The Morgan fingerprint density at radius 1 is 1.36 bits per heavy atom. The van der Waals surface area contributed by atoms with Gasteiger partial charge in [0.1, 0.15) is 11.6 Å². The zero-order chi connectivity index (χ0) is 10.6. The third-order valence-corrected chi connectivity index (χ3v) is 1.70. The summed E-state index contributed by atoms with van der Waals surface area (Å²) in [4.78, 5) is 11.3. The van der Waals surface area contributed by atoms with E-state index < -0.39 is 5.83 Å². The Morgan fingerprint density at radius 3 is 2.36 bits per heavy atom. The highest BCUT2D eigenvalue weighted by atomic mass is 19.1. The molecule has 0 atom stereocenters. The molecule has 14 heavy (non-hydrogen) atoms. The van der Waals surface area contributed by atoms with Crippen molar-refractivity contribution >= 4 is 5.78 Å². The van der Waals surface area contributed by atoms with E-state index in [1.165, 1.54) is 6.92 Å². The molecule has 2 nitrogen and oxygen atoms in total. The van der Waals surface area contributed by atoms with Crippen LogP contribution in [-0.4, -0.2) is 12.9 Å². The number of hydrogen-bond donors (Lipinski definition) is 0. The number of allylic oxidation sites excluding steroid dienone is 2. The summed E-state index contributed by atoms with van der Waals surface area (Å²) in [5, 5.41) is 0. The Morgan fingerprint density at radius 2 is 1.93 bits per heavy atom. The van der Waals surface area contributed by atoms with E-state index >= 15 is 0 Å². The maximum atomic E-state index is 12.4. The molecule has 0 aliphatic heterocycles. The topological polar surface area (TPSA) is 26.3 Å². The van der Waals surface area contributed by atoms with E-state index in [9.17, 15) is 9.18 Å². The summed E-state index contributed by atoms with van der Waals surface area (Å²) in [7, 11) is 1.54. The van der Waals surface area contributed by atoms with Crippen molar-refractivity contribution in [1.29, 1.82) is 0 Å². The second-order valence-electron chi connectivity index (χ2n) is 2.82. The molecule has 1 rings (SSSR count). The summed E-state index contributed by atoms with van der Waals surface area (Å²) >= 11 is 0. The highest BCUT2D eigenvalue weighted by Crippen LogP contribution is 2.12. The Labute approximate surface area is 82.0 Å². The Hall–Kier alpha value is -1.64. The standard InChI is InChI=1S/C11H11FO2/c1-8(12)7-11(13)9-3-5-10(14-2)6-4-9/h3-7H,1-2H3/b8-7-. The fraction of sp³-hybridized carbons (Fsp3) is 0.182. The van der Waals surface area contributed by atoms with Crippen LogP contribution in [0.2, 0.25) is 0 Å². The summed E-state index contributed by atoms with van der Waals surface area (Å²) in [5.41, 5.74) is 0.447. The smallest absolute Gasteiger partial charge is 0.188 e. The van der Waals surface area contributed by atoms with Crippen molar-refractivity contribution in [1.82, 2.24) is 0 Å². The highest BCUT2D eigenvalue weighted by Gasteiger charge is 2.02. The van der Waals surface area contributed by atoms with Gasteiger partial charge >= 0.3 is 0 Å². The monoisotopic (exact) mass is 194 g/mol. The van der Waals surface area contributed by atoms with Crippen LogP contribution in [0, 0.1) is 0 Å². The second-order valence-corrected chi connectivity index (χ2v) is 2.82. The maximum absolute atomic E-state index is 12.4. The van der Waals surface area contributed by atoms with E-state index in [2.05, 4.69) is 0 Å². The number of ketones is 1. The molecule has 0 saturated heterocycles. The SMILES string of the molecule is COc1ccc(C(=O)/C=C(/C)F)cc1. The van der Waals surface area contributed by atoms with Crippen LogP contribution < -0.4 is 4.74 Å². The van der Waals surface area contributed by atoms with Crippen LogP contribution >= 0.6 is 0 Å². The van der Waals surface area contributed by atoms with Crippen LogP contribution in [-0.2, 0) is 0 Å². The van der Waals surface area contributed by atoms with Crippen molar-refractivity contribution in [3.8, 4) is 5.75 Å². The summed E-state index contributed by atoms with van der Waals surface area (Å²) in [6.07, 6.45) is 0.960. The number of carbonyl (C=O) groups is 1. The van der Waals surface area contributed by atoms with Gasteiger partial charge in [-0.15, -0.1) is 0 Å². The molecule has 0 aliphatic carbocycles. The summed E-state index contributed by atoms with van der Waals surface area (Å²) in [6.45, 7) is 1.24. The lowest BCUT2D eigenvalue weighted by molar-refractivity contribution is 0.104. The Kier molecular flexibility index (Phi) is 3.40. The van der Waals surface area contributed by atoms with Crippen molar-refractivity contribution in [3.63, 3.8) is 0 Å². The first kappa shape index (κ1) is 10.4. The van der Waals surface area contributed by atoms with E-state index in [1.54, 1.807) is 31.4 Å². The number of hydrogen-bond acceptors (Lipinski definition) is 2. The van der Waals surface area contributed by atoms with E-state index in [0.29, 0.717) is 11.3 Å². The van der Waals surface area contributed by atoms with Crippen molar-refractivity contribution in [2.24, 2.45) is 0 Å². The third-order valence-electron chi connectivity index (χ3n) is 1.70. The molecule has 0 bridgehead atoms. The first-order chi connectivity index (χ1) is 6.63. The van der Waals surface area contributed by atoms with Crippen molar-refractivity contribution in [2.75, 3.05) is 7.11 Å². The molecule has 0 aromatic heterocycles. The molecule has 0 heterocycles. The zero-order valence-corrected chi connectivity index (χ0v) is 8.08. The molecule has 3 heteroatoms. The largest absolute Gasteiger partial charge is 0.497 e. The molecule has 1 aromatic rings. The normalized spacial score (nSPS) is 11.2. The third kappa shape index (κ3) is 2.69. The van der Waals surface area contributed by atoms with Gasteiger partial charge in [-0.3, -0.25) is 4.79 Å². The van der Waals surface area contributed by atoms with E-state index in [1.807, 2.05) is 0 Å². The van der Waals surface area contributed by atoms with Crippen molar-refractivity contribution in [2.45, 2.75) is 6.92 Å². The van der Waals surface area contributed by atoms with Gasteiger partial charge in [0.2, 0.25) is 0 Å². The van der Waals surface area contributed by atoms with Gasteiger partial charge in [0.05, 0.1) is 7.11 Å². The van der Waals surface area contributed by atoms with E-state index in [-0.39, 0.29) is 5.78 Å². The van der Waals surface area contributed by atoms with E-state index in [0.717, 1.165) is 6.08 Å². The average Bonchev–Trinajstić information content (AvgIpc) is 2.17. The summed E-state index contributed by atoms with van der Waals surface area (Å²) in [5.74, 6) is -0.166. The van der Waals surface area contributed by atoms with Gasteiger partial charge in [0, 0.05) is 11.6 Å². The summed E-state index contributed by atoms with van der Waals surface area (Å²) in [6, 6.07) is 6.52. The first-order valence-electron chi connectivity index (χ1n) is 4.15. The van der Waals surface area contributed by atoms with Gasteiger partial charge < -0.3 is 4.74 Å².